The normalized spacial score (nSPS) is 12.5. The van der Waals surface area contributed by atoms with Crippen LogP contribution in [0.15, 0.2) is 0 Å². The summed E-state index contributed by atoms with van der Waals surface area (Å²) in [7, 11) is 0. The molecular weight excluding hydrogens is 282 g/mol. The van der Waals surface area contributed by atoms with E-state index in [2.05, 4.69) is 10.6 Å². The number of alkyl carbamates (subject to hydrolysis) is 1. The summed E-state index contributed by atoms with van der Waals surface area (Å²) in [6.45, 7) is 5.46. The van der Waals surface area contributed by atoms with Gasteiger partial charge in [-0.1, -0.05) is 0 Å². The first-order valence-corrected chi connectivity index (χ1v) is 6.36. The molecule has 0 saturated heterocycles. The van der Waals surface area contributed by atoms with Gasteiger partial charge in [0, 0.05) is 11.9 Å². The van der Waals surface area contributed by atoms with Crippen LogP contribution < -0.4 is 16.1 Å². The molecule has 6 N–H and O–H groups in total. The van der Waals surface area contributed by atoms with E-state index in [0.29, 0.717) is 25.7 Å². The summed E-state index contributed by atoms with van der Waals surface area (Å²) >= 11 is 0. The van der Waals surface area contributed by atoms with Crippen molar-refractivity contribution in [1.82, 2.24) is 21.4 Å². The number of guanidine groups is 1. The molecule has 1 atom stereocenters. The highest BCUT2D eigenvalue weighted by atomic mass is 16.8. The first-order valence-electron chi connectivity index (χ1n) is 6.36. The van der Waals surface area contributed by atoms with Gasteiger partial charge < -0.3 is 20.2 Å². The van der Waals surface area contributed by atoms with Crippen LogP contribution in [0.2, 0.25) is 0 Å². The molecule has 0 unspecified atom stereocenters. The zero-order valence-corrected chi connectivity index (χ0v) is 12.3. The van der Waals surface area contributed by atoms with Crippen molar-refractivity contribution >= 4 is 18.3 Å². The Kier molecular flexibility index (Phi) is 8.28. The van der Waals surface area contributed by atoms with Gasteiger partial charge in [-0.2, -0.15) is 0 Å². The lowest BCUT2D eigenvalue weighted by Gasteiger charge is -2.21. The summed E-state index contributed by atoms with van der Waals surface area (Å²) in [6.07, 6.45) is 0.764. The summed E-state index contributed by atoms with van der Waals surface area (Å²) in [5, 5.41) is 28.6. The Morgan fingerprint density at radius 3 is 2.52 bits per heavy atom. The Morgan fingerprint density at radius 1 is 1.43 bits per heavy atom. The van der Waals surface area contributed by atoms with Crippen LogP contribution in [0.1, 0.15) is 33.6 Å². The number of amides is 1. The number of hydrazine groups is 1. The molecule has 0 heterocycles. The van der Waals surface area contributed by atoms with Gasteiger partial charge in [-0.25, -0.2) is 10.2 Å². The van der Waals surface area contributed by atoms with E-state index in [4.69, 9.17) is 20.6 Å². The minimum atomic E-state index is -0.684. The highest BCUT2D eigenvalue weighted by Gasteiger charge is 2.18. The zero-order valence-electron chi connectivity index (χ0n) is 12.3. The van der Waals surface area contributed by atoms with Crippen LogP contribution in [0.4, 0.5) is 4.79 Å². The number of nitrogens with one attached hydrogen (secondary N) is 4. The maximum absolute atomic E-state index is 11.5. The molecule has 0 fully saturated rings. The first-order chi connectivity index (χ1) is 9.64. The fourth-order valence-electron chi connectivity index (χ4n) is 1.31. The van der Waals surface area contributed by atoms with Crippen molar-refractivity contribution in [3.63, 3.8) is 0 Å². The van der Waals surface area contributed by atoms with Crippen LogP contribution in [0.5, 0.6) is 0 Å². The van der Waals surface area contributed by atoms with E-state index in [1.807, 2.05) is 5.43 Å². The van der Waals surface area contributed by atoms with E-state index in [0.717, 1.165) is 0 Å². The highest BCUT2D eigenvalue weighted by Crippen LogP contribution is 2.07. The molecule has 0 spiro atoms. The molecule has 21 heavy (non-hydrogen) atoms. The van der Waals surface area contributed by atoms with Crippen LogP contribution in [0.3, 0.4) is 0 Å². The molecule has 122 valence electrons. The molecule has 1 amide bonds. The number of nitrogens with zero attached hydrogens (tertiary/aromatic N) is 1. The minimum absolute atomic E-state index is 0.306. The second-order valence-electron chi connectivity index (χ2n) is 5.23. The van der Waals surface area contributed by atoms with Crippen molar-refractivity contribution in [3.8, 4) is 0 Å². The number of hydrogen-bond donors (Lipinski definition) is 6. The number of aldehydes is 1. The van der Waals surface area contributed by atoms with E-state index in [-0.39, 0.29) is 11.3 Å². The maximum Gasteiger partial charge on any atom is 0.408 e. The summed E-state index contributed by atoms with van der Waals surface area (Å²) in [6, 6.07) is -0.684. The van der Waals surface area contributed by atoms with Gasteiger partial charge >= 0.3 is 6.09 Å². The quantitative estimate of drug-likeness (QED) is 0.126. The van der Waals surface area contributed by atoms with Crippen LogP contribution in [-0.2, 0) is 9.53 Å². The largest absolute Gasteiger partial charge is 0.444 e. The Morgan fingerprint density at radius 2 is 2.05 bits per heavy atom. The van der Waals surface area contributed by atoms with Crippen LogP contribution in [-0.4, -0.2) is 52.3 Å². The van der Waals surface area contributed by atoms with Gasteiger partial charge in [-0.15, -0.1) is 0 Å². The van der Waals surface area contributed by atoms with Crippen molar-refractivity contribution in [3.05, 3.63) is 0 Å². The minimum Gasteiger partial charge on any atom is -0.444 e. The predicted molar refractivity (Wildman–Crippen MR) is 72.7 cm³/mol. The predicted octanol–water partition coefficient (Wildman–Crippen LogP) is -0.0318. The Hall–Kier alpha value is -1.91. The van der Waals surface area contributed by atoms with Gasteiger partial charge in [-0.3, -0.25) is 15.8 Å². The number of rotatable bonds is 7. The zero-order chi connectivity index (χ0) is 16.5. The lowest BCUT2D eigenvalue weighted by Crippen LogP contribution is -2.45. The molecule has 0 bridgehead atoms. The van der Waals surface area contributed by atoms with Gasteiger partial charge in [0.25, 0.3) is 0 Å². The fraction of sp³-hybridized carbons (Fsp3) is 0.727. The second kappa shape index (κ2) is 9.10. The maximum atomic E-state index is 11.5. The van der Waals surface area contributed by atoms with Crippen LogP contribution in [0.25, 0.3) is 0 Å². The summed E-state index contributed by atoms with van der Waals surface area (Å²) < 4.78 is 5.03. The molecule has 0 radical (unpaired) electrons. The summed E-state index contributed by atoms with van der Waals surface area (Å²) in [4.78, 5) is 22.3. The number of ether oxygens (including phenoxy) is 1. The van der Waals surface area contributed by atoms with Gasteiger partial charge in [-0.05, 0) is 33.6 Å². The molecule has 0 aliphatic carbocycles. The lowest BCUT2D eigenvalue weighted by atomic mass is 10.2. The third-order valence-corrected chi connectivity index (χ3v) is 2.07. The van der Waals surface area contributed by atoms with E-state index in [1.165, 1.54) is 0 Å². The van der Waals surface area contributed by atoms with Gasteiger partial charge in [0.05, 0.1) is 6.04 Å². The number of hydrogen-bond acceptors (Lipinski definition) is 7. The lowest BCUT2D eigenvalue weighted by molar-refractivity contribution is -0.330. The number of carbonyl (C=O) groups is 2. The molecule has 10 nitrogen and oxygen atoms in total. The van der Waals surface area contributed by atoms with Crippen LogP contribution >= 0.6 is 0 Å². The highest BCUT2D eigenvalue weighted by molar-refractivity contribution is 5.75. The van der Waals surface area contributed by atoms with Crippen LogP contribution in [0, 0.1) is 5.41 Å². The molecule has 0 aromatic carbocycles. The average molecular weight is 305 g/mol. The van der Waals surface area contributed by atoms with Crippen molar-refractivity contribution in [2.75, 3.05) is 6.54 Å². The van der Waals surface area contributed by atoms with Gasteiger partial charge in [0.15, 0.2) is 0 Å². The van der Waals surface area contributed by atoms with Gasteiger partial charge in [0.1, 0.15) is 11.9 Å². The van der Waals surface area contributed by atoms with Crippen molar-refractivity contribution in [1.29, 1.82) is 5.41 Å². The molecule has 0 aliphatic heterocycles. The molecule has 0 saturated carbocycles. The summed E-state index contributed by atoms with van der Waals surface area (Å²) in [5.74, 6) is -0.317. The molecule has 0 aromatic rings. The first kappa shape index (κ1) is 19.1. The Bertz CT molecular complexity index is 355. The third kappa shape index (κ3) is 11.6. The van der Waals surface area contributed by atoms with Crippen molar-refractivity contribution in [2.45, 2.75) is 45.3 Å². The Balaban J connectivity index is 3.93. The molecule has 10 heteroatoms. The standard InChI is InChI=1S/C11H23N5O5/c1-11(2,3)21-10(18)14-8(7-17)5-4-6-13-9(12)15-16(19)20/h7-8,19-20H,4-6H2,1-3H3,(H,14,18)(H3,12,13,15)/t8-/m0/s1. The van der Waals surface area contributed by atoms with Crippen molar-refractivity contribution in [2.24, 2.45) is 0 Å². The monoisotopic (exact) mass is 305 g/mol. The smallest absolute Gasteiger partial charge is 0.408 e. The van der Waals surface area contributed by atoms with E-state index in [9.17, 15) is 9.59 Å². The van der Waals surface area contributed by atoms with Gasteiger partial charge in [0.2, 0.25) is 5.96 Å². The van der Waals surface area contributed by atoms with E-state index < -0.39 is 17.7 Å². The average Bonchev–Trinajstić information content (AvgIpc) is 2.29. The Labute approximate surface area is 122 Å². The molecule has 0 aromatic heterocycles. The number of carbonyl (C=O) groups excluding carboxylic acids is 2. The van der Waals surface area contributed by atoms with E-state index >= 15 is 0 Å². The van der Waals surface area contributed by atoms with E-state index in [1.54, 1.807) is 20.8 Å². The summed E-state index contributed by atoms with van der Waals surface area (Å²) in [5.41, 5.74) is 1.22. The fourth-order valence-corrected chi connectivity index (χ4v) is 1.31. The molecule has 0 rings (SSSR count). The SMILES string of the molecule is CC(C)(C)OC(=O)N[C@H](C=O)CCCNC(=N)NN(O)O. The molecular formula is C11H23N5O5. The molecule has 0 aliphatic rings. The second-order valence-corrected chi connectivity index (χ2v) is 5.23. The third-order valence-electron chi connectivity index (χ3n) is 2.07. The van der Waals surface area contributed by atoms with Crippen molar-refractivity contribution < 1.29 is 24.7 Å². The topological polar surface area (TPSA) is 147 Å².